The van der Waals surface area contributed by atoms with Crippen molar-refractivity contribution >= 4 is 27.3 Å². The standard InChI is InChI=1S/C22H25NO5S/c1-16(15-24)27-21-12-6-11-19-20(17(2)28-22(19)21)14-23-29(25,26)13-7-10-18-8-4-3-5-9-18/h3-6,8-9,11-12,15-16,23H,7,10,13-14H2,1-2H3. The highest BCUT2D eigenvalue weighted by Gasteiger charge is 2.18. The summed E-state index contributed by atoms with van der Waals surface area (Å²) in [6.45, 7) is 3.57. The predicted molar refractivity (Wildman–Crippen MR) is 112 cm³/mol. The molecule has 154 valence electrons. The van der Waals surface area contributed by atoms with Crippen LogP contribution in [0.25, 0.3) is 11.0 Å². The van der Waals surface area contributed by atoms with E-state index in [1.54, 1.807) is 26.0 Å². The van der Waals surface area contributed by atoms with Crippen molar-refractivity contribution in [2.75, 3.05) is 5.75 Å². The Bertz CT molecular complexity index is 1070. The molecule has 6 nitrogen and oxygen atoms in total. The summed E-state index contributed by atoms with van der Waals surface area (Å²) in [5.41, 5.74) is 2.39. The summed E-state index contributed by atoms with van der Waals surface area (Å²) in [5, 5.41) is 0.769. The smallest absolute Gasteiger partial charge is 0.211 e. The quantitative estimate of drug-likeness (QED) is 0.510. The van der Waals surface area contributed by atoms with Crippen molar-refractivity contribution in [2.24, 2.45) is 0 Å². The topological polar surface area (TPSA) is 85.6 Å². The van der Waals surface area contributed by atoms with Crippen molar-refractivity contribution in [2.45, 2.75) is 39.3 Å². The van der Waals surface area contributed by atoms with Gasteiger partial charge in [-0.1, -0.05) is 42.5 Å². The number of aldehydes is 1. The highest BCUT2D eigenvalue weighted by Crippen LogP contribution is 2.33. The lowest BCUT2D eigenvalue weighted by atomic mass is 10.1. The molecule has 1 heterocycles. The van der Waals surface area contributed by atoms with Crippen LogP contribution in [-0.4, -0.2) is 26.6 Å². The zero-order chi connectivity index (χ0) is 20.9. The van der Waals surface area contributed by atoms with Crippen LogP contribution in [0, 0.1) is 6.92 Å². The Labute approximate surface area is 170 Å². The van der Waals surface area contributed by atoms with Gasteiger partial charge in [-0.3, -0.25) is 4.79 Å². The van der Waals surface area contributed by atoms with Gasteiger partial charge in [-0.15, -0.1) is 0 Å². The third-order valence-corrected chi connectivity index (χ3v) is 6.09. The highest BCUT2D eigenvalue weighted by atomic mass is 32.2. The van der Waals surface area contributed by atoms with E-state index >= 15 is 0 Å². The zero-order valence-electron chi connectivity index (χ0n) is 16.6. The molecule has 1 N–H and O–H groups in total. The van der Waals surface area contributed by atoms with Crippen molar-refractivity contribution in [1.82, 2.24) is 4.72 Å². The van der Waals surface area contributed by atoms with Crippen molar-refractivity contribution in [1.29, 1.82) is 0 Å². The first-order valence-electron chi connectivity index (χ1n) is 9.54. The van der Waals surface area contributed by atoms with Gasteiger partial charge in [0.15, 0.2) is 23.7 Å². The molecular weight excluding hydrogens is 390 g/mol. The van der Waals surface area contributed by atoms with Crippen LogP contribution < -0.4 is 9.46 Å². The Hall–Kier alpha value is -2.64. The molecular formula is C22H25NO5S. The van der Waals surface area contributed by atoms with E-state index in [1.807, 2.05) is 36.4 Å². The fraction of sp³-hybridized carbons (Fsp3) is 0.318. The molecule has 0 spiro atoms. The molecule has 0 aliphatic carbocycles. The normalized spacial score (nSPS) is 12.8. The van der Waals surface area contributed by atoms with Crippen LogP contribution in [0.15, 0.2) is 52.9 Å². The molecule has 0 amide bonds. The Balaban J connectivity index is 1.67. The monoisotopic (exact) mass is 415 g/mol. The Morgan fingerprint density at radius 1 is 1.14 bits per heavy atom. The van der Waals surface area contributed by atoms with Gasteiger partial charge in [0, 0.05) is 17.5 Å². The number of furan rings is 1. The van der Waals surface area contributed by atoms with Crippen LogP contribution in [0.5, 0.6) is 5.75 Å². The van der Waals surface area contributed by atoms with Gasteiger partial charge in [0.2, 0.25) is 10.0 Å². The van der Waals surface area contributed by atoms with Gasteiger partial charge in [-0.25, -0.2) is 13.1 Å². The molecule has 0 radical (unpaired) electrons. The molecule has 0 aliphatic rings. The number of nitrogens with one attached hydrogen (secondary N) is 1. The molecule has 0 saturated carbocycles. The number of hydrogen-bond donors (Lipinski definition) is 1. The zero-order valence-corrected chi connectivity index (χ0v) is 17.4. The molecule has 1 unspecified atom stereocenters. The molecule has 3 rings (SSSR count). The number of carbonyl (C=O) groups excluding carboxylic acids is 1. The van der Waals surface area contributed by atoms with E-state index in [4.69, 9.17) is 9.15 Å². The van der Waals surface area contributed by atoms with Crippen LogP contribution in [0.3, 0.4) is 0 Å². The second kappa shape index (κ2) is 9.24. The van der Waals surface area contributed by atoms with Gasteiger partial charge in [0.05, 0.1) is 5.75 Å². The van der Waals surface area contributed by atoms with Gasteiger partial charge in [-0.2, -0.15) is 0 Å². The number of hydrogen-bond acceptors (Lipinski definition) is 5. The molecule has 0 fully saturated rings. The molecule has 0 aliphatic heterocycles. The number of aryl methyl sites for hydroxylation is 2. The SMILES string of the molecule is Cc1oc2c(OC(C)C=O)cccc2c1CNS(=O)(=O)CCCc1ccccc1. The molecule has 29 heavy (non-hydrogen) atoms. The number of sulfonamides is 1. The summed E-state index contributed by atoms with van der Waals surface area (Å²) in [7, 11) is -3.42. The van der Waals surface area contributed by atoms with E-state index in [1.165, 1.54) is 0 Å². The minimum atomic E-state index is -3.42. The third-order valence-electron chi connectivity index (χ3n) is 4.68. The summed E-state index contributed by atoms with van der Waals surface area (Å²) in [6.07, 6.45) is 1.37. The number of rotatable bonds is 10. The minimum Gasteiger partial charge on any atom is -0.479 e. The van der Waals surface area contributed by atoms with Crippen LogP contribution in [0.4, 0.5) is 0 Å². The van der Waals surface area contributed by atoms with E-state index in [-0.39, 0.29) is 12.3 Å². The number of ether oxygens (including phenoxy) is 1. The van der Waals surface area contributed by atoms with E-state index in [0.29, 0.717) is 36.2 Å². The fourth-order valence-electron chi connectivity index (χ4n) is 3.17. The van der Waals surface area contributed by atoms with Crippen LogP contribution in [0.2, 0.25) is 0 Å². The number of benzene rings is 2. The average molecular weight is 416 g/mol. The lowest BCUT2D eigenvalue weighted by molar-refractivity contribution is -0.113. The summed E-state index contributed by atoms with van der Waals surface area (Å²) >= 11 is 0. The van der Waals surface area contributed by atoms with Crippen LogP contribution in [-0.2, 0) is 27.8 Å². The largest absolute Gasteiger partial charge is 0.479 e. The van der Waals surface area contributed by atoms with Gasteiger partial charge in [-0.05, 0) is 38.3 Å². The molecule has 2 aromatic carbocycles. The predicted octanol–water partition coefficient (Wildman–Crippen LogP) is 3.76. The number of carbonyl (C=O) groups is 1. The van der Waals surface area contributed by atoms with Crippen molar-refractivity contribution < 1.29 is 22.4 Å². The average Bonchev–Trinajstić information content (AvgIpc) is 3.03. The van der Waals surface area contributed by atoms with Crippen molar-refractivity contribution in [3.8, 4) is 5.75 Å². The molecule has 0 saturated heterocycles. The highest BCUT2D eigenvalue weighted by molar-refractivity contribution is 7.89. The van der Waals surface area contributed by atoms with E-state index in [0.717, 1.165) is 16.5 Å². The third kappa shape index (κ3) is 5.46. The van der Waals surface area contributed by atoms with Gasteiger partial charge in [0.25, 0.3) is 0 Å². The maximum Gasteiger partial charge on any atom is 0.211 e. The number of fused-ring (bicyclic) bond motifs is 1. The Morgan fingerprint density at radius 3 is 2.62 bits per heavy atom. The summed E-state index contributed by atoms with van der Waals surface area (Å²) in [5.74, 6) is 1.13. The maximum absolute atomic E-state index is 12.4. The first-order chi connectivity index (χ1) is 13.9. The van der Waals surface area contributed by atoms with E-state index in [2.05, 4.69) is 4.72 Å². The second-order valence-electron chi connectivity index (χ2n) is 6.96. The summed E-state index contributed by atoms with van der Waals surface area (Å²) in [6, 6.07) is 15.2. The Morgan fingerprint density at radius 2 is 1.90 bits per heavy atom. The van der Waals surface area contributed by atoms with Crippen molar-refractivity contribution in [3.05, 3.63) is 65.4 Å². The first kappa shape index (κ1) is 21.1. The Kier molecular flexibility index (Phi) is 6.71. The van der Waals surface area contributed by atoms with Gasteiger partial charge < -0.3 is 9.15 Å². The fourth-order valence-corrected chi connectivity index (χ4v) is 4.20. The minimum absolute atomic E-state index is 0.0575. The summed E-state index contributed by atoms with van der Waals surface area (Å²) in [4.78, 5) is 10.9. The molecule has 7 heteroatoms. The summed E-state index contributed by atoms with van der Waals surface area (Å²) < 4.78 is 38.9. The molecule has 3 aromatic rings. The molecule has 1 aromatic heterocycles. The van der Waals surface area contributed by atoms with Crippen LogP contribution >= 0.6 is 0 Å². The van der Waals surface area contributed by atoms with Gasteiger partial charge >= 0.3 is 0 Å². The number of para-hydroxylation sites is 1. The second-order valence-corrected chi connectivity index (χ2v) is 8.88. The first-order valence-corrected chi connectivity index (χ1v) is 11.2. The lowest BCUT2D eigenvalue weighted by Crippen LogP contribution is -2.26. The van der Waals surface area contributed by atoms with E-state index < -0.39 is 16.1 Å². The van der Waals surface area contributed by atoms with E-state index in [9.17, 15) is 13.2 Å². The van der Waals surface area contributed by atoms with Crippen LogP contribution in [0.1, 0.15) is 30.2 Å². The maximum atomic E-state index is 12.4. The van der Waals surface area contributed by atoms with Crippen molar-refractivity contribution in [3.63, 3.8) is 0 Å². The molecule has 0 bridgehead atoms. The lowest BCUT2D eigenvalue weighted by Gasteiger charge is -2.09. The molecule has 1 atom stereocenters. The van der Waals surface area contributed by atoms with Gasteiger partial charge in [0.1, 0.15) is 5.76 Å².